The Morgan fingerprint density at radius 2 is 1.13 bits per heavy atom. The van der Waals surface area contributed by atoms with E-state index >= 15 is 0 Å². The first kappa shape index (κ1) is 24.7. The molecule has 45 heavy (non-hydrogen) atoms. The van der Waals surface area contributed by atoms with E-state index in [4.69, 9.17) is 18.8 Å². The SMILES string of the molecule is CC1(C)c2cccnc2-c2nc(-c3ccc(-c4ccc5oc6cc7c(cc6c5c4)oc4ccccc47)c4ccccc34)ccc21. The number of para-hydroxylation sites is 1. The molecule has 212 valence electrons. The highest BCUT2D eigenvalue weighted by Crippen LogP contribution is 2.48. The molecule has 0 atom stereocenters. The number of benzene rings is 5. The average Bonchev–Trinajstić information content (AvgIpc) is 3.70. The first-order valence-electron chi connectivity index (χ1n) is 15.3. The number of hydrogen-bond acceptors (Lipinski definition) is 4. The number of pyridine rings is 2. The topological polar surface area (TPSA) is 52.1 Å². The lowest BCUT2D eigenvalue weighted by Gasteiger charge is -2.20. The summed E-state index contributed by atoms with van der Waals surface area (Å²) in [6.07, 6.45) is 1.86. The fourth-order valence-electron chi connectivity index (χ4n) is 7.47. The lowest BCUT2D eigenvalue weighted by Crippen LogP contribution is -2.15. The summed E-state index contributed by atoms with van der Waals surface area (Å²) in [7, 11) is 0. The van der Waals surface area contributed by atoms with Gasteiger partial charge in [0.15, 0.2) is 0 Å². The van der Waals surface area contributed by atoms with Crippen LogP contribution in [0.3, 0.4) is 0 Å². The van der Waals surface area contributed by atoms with Gasteiger partial charge in [0.25, 0.3) is 0 Å². The summed E-state index contributed by atoms with van der Waals surface area (Å²) in [5.41, 5.74) is 12.2. The lowest BCUT2D eigenvalue weighted by atomic mass is 9.83. The molecule has 0 bridgehead atoms. The highest BCUT2D eigenvalue weighted by atomic mass is 16.3. The molecule has 0 radical (unpaired) electrons. The predicted octanol–water partition coefficient (Wildman–Crippen LogP) is 11.1. The molecule has 1 aliphatic rings. The van der Waals surface area contributed by atoms with E-state index in [1.54, 1.807) is 0 Å². The molecule has 4 nitrogen and oxygen atoms in total. The molecular formula is C41H26N2O2. The van der Waals surface area contributed by atoms with Crippen molar-refractivity contribution < 1.29 is 8.83 Å². The molecule has 0 unspecified atom stereocenters. The van der Waals surface area contributed by atoms with Crippen molar-refractivity contribution in [3.63, 3.8) is 0 Å². The number of rotatable bonds is 2. The smallest absolute Gasteiger partial charge is 0.136 e. The molecule has 5 aromatic carbocycles. The van der Waals surface area contributed by atoms with Crippen molar-refractivity contribution in [1.29, 1.82) is 0 Å². The summed E-state index contributed by atoms with van der Waals surface area (Å²) in [6.45, 7) is 4.51. The standard InChI is InChI=1S/C41H26N2O2/c1-41(2)32-11-7-19-42-39(32)40-33(41)16-17-34(43-40)27-15-14-24(25-8-3-4-9-26(25)27)23-13-18-36-29(20-23)31-22-37-30(21-38(31)45-36)28-10-5-6-12-35(28)44-37/h3-22H,1-2H3. The van der Waals surface area contributed by atoms with Crippen molar-refractivity contribution in [3.05, 3.63) is 133 Å². The van der Waals surface area contributed by atoms with Gasteiger partial charge in [-0.1, -0.05) is 86.6 Å². The fraction of sp³-hybridized carbons (Fsp3) is 0.0732. The molecule has 0 spiro atoms. The highest BCUT2D eigenvalue weighted by Gasteiger charge is 2.37. The molecule has 4 heterocycles. The average molecular weight is 579 g/mol. The Kier molecular flexibility index (Phi) is 4.76. The van der Waals surface area contributed by atoms with Crippen molar-refractivity contribution in [2.45, 2.75) is 19.3 Å². The summed E-state index contributed by atoms with van der Waals surface area (Å²) in [5.74, 6) is 0. The Morgan fingerprint density at radius 3 is 1.96 bits per heavy atom. The van der Waals surface area contributed by atoms with E-state index in [9.17, 15) is 0 Å². The second-order valence-electron chi connectivity index (χ2n) is 12.6. The summed E-state index contributed by atoms with van der Waals surface area (Å²) in [5, 5.41) is 6.65. The third-order valence-corrected chi connectivity index (χ3v) is 9.75. The zero-order valence-corrected chi connectivity index (χ0v) is 24.8. The number of furan rings is 2. The Bertz CT molecular complexity index is 2690. The van der Waals surface area contributed by atoms with Crippen LogP contribution >= 0.6 is 0 Å². The van der Waals surface area contributed by atoms with Gasteiger partial charge in [-0.3, -0.25) is 4.98 Å². The monoisotopic (exact) mass is 578 g/mol. The Hall–Kier alpha value is -5.74. The summed E-state index contributed by atoms with van der Waals surface area (Å²) in [6, 6.07) is 40.5. The largest absolute Gasteiger partial charge is 0.456 e. The van der Waals surface area contributed by atoms with E-state index in [0.29, 0.717) is 0 Å². The Morgan fingerprint density at radius 1 is 0.489 bits per heavy atom. The number of hydrogen-bond donors (Lipinski definition) is 0. The van der Waals surface area contributed by atoms with Gasteiger partial charge in [0.2, 0.25) is 0 Å². The van der Waals surface area contributed by atoms with Gasteiger partial charge >= 0.3 is 0 Å². The van der Waals surface area contributed by atoms with Gasteiger partial charge in [-0.05, 0) is 75.5 Å². The van der Waals surface area contributed by atoms with Crippen LogP contribution in [0.1, 0.15) is 25.0 Å². The van der Waals surface area contributed by atoms with Gasteiger partial charge in [0.05, 0.1) is 17.1 Å². The number of aromatic nitrogens is 2. The Labute approximate surface area is 258 Å². The quantitative estimate of drug-likeness (QED) is 0.205. The highest BCUT2D eigenvalue weighted by molar-refractivity contribution is 6.15. The van der Waals surface area contributed by atoms with Crippen LogP contribution in [0.2, 0.25) is 0 Å². The van der Waals surface area contributed by atoms with Crippen molar-refractivity contribution >= 4 is 54.6 Å². The van der Waals surface area contributed by atoms with Crippen molar-refractivity contribution in [1.82, 2.24) is 9.97 Å². The third kappa shape index (κ3) is 3.37. The van der Waals surface area contributed by atoms with Crippen LogP contribution < -0.4 is 0 Å². The molecule has 9 aromatic rings. The molecule has 4 heteroatoms. The van der Waals surface area contributed by atoms with E-state index in [1.165, 1.54) is 27.5 Å². The van der Waals surface area contributed by atoms with Gasteiger partial charge in [-0.2, -0.15) is 0 Å². The molecule has 4 aromatic heterocycles. The molecule has 0 fully saturated rings. The molecule has 0 saturated heterocycles. The van der Waals surface area contributed by atoms with E-state index in [1.807, 2.05) is 30.5 Å². The fourth-order valence-corrected chi connectivity index (χ4v) is 7.47. The zero-order valence-electron chi connectivity index (χ0n) is 24.8. The first-order chi connectivity index (χ1) is 22.0. The zero-order chi connectivity index (χ0) is 29.9. The summed E-state index contributed by atoms with van der Waals surface area (Å²) in [4.78, 5) is 9.98. The van der Waals surface area contributed by atoms with E-state index in [-0.39, 0.29) is 5.41 Å². The van der Waals surface area contributed by atoms with E-state index < -0.39 is 0 Å². The Balaban J connectivity index is 1.14. The second-order valence-corrected chi connectivity index (χ2v) is 12.6. The minimum Gasteiger partial charge on any atom is -0.456 e. The second kappa shape index (κ2) is 8.67. The van der Waals surface area contributed by atoms with Crippen LogP contribution in [0.15, 0.2) is 130 Å². The number of fused-ring (bicyclic) bond motifs is 10. The van der Waals surface area contributed by atoms with Gasteiger partial charge in [-0.25, -0.2) is 4.98 Å². The summed E-state index contributed by atoms with van der Waals surface area (Å²) >= 11 is 0. The van der Waals surface area contributed by atoms with Gasteiger partial charge in [-0.15, -0.1) is 0 Å². The van der Waals surface area contributed by atoms with E-state index in [2.05, 4.69) is 105 Å². The van der Waals surface area contributed by atoms with Crippen LogP contribution in [0.4, 0.5) is 0 Å². The maximum absolute atomic E-state index is 6.36. The lowest BCUT2D eigenvalue weighted by molar-refractivity contribution is 0.658. The maximum Gasteiger partial charge on any atom is 0.136 e. The molecule has 0 saturated carbocycles. The minimum absolute atomic E-state index is 0.123. The number of nitrogens with zero attached hydrogens (tertiary/aromatic N) is 2. The van der Waals surface area contributed by atoms with Crippen LogP contribution in [-0.2, 0) is 5.41 Å². The molecule has 0 N–H and O–H groups in total. The van der Waals surface area contributed by atoms with Crippen molar-refractivity contribution in [2.75, 3.05) is 0 Å². The van der Waals surface area contributed by atoms with Gasteiger partial charge in [0.1, 0.15) is 22.3 Å². The van der Waals surface area contributed by atoms with Crippen molar-refractivity contribution in [3.8, 4) is 33.8 Å². The van der Waals surface area contributed by atoms with Crippen LogP contribution in [0, 0.1) is 0 Å². The molecule has 0 amide bonds. The molecule has 0 aliphatic heterocycles. The van der Waals surface area contributed by atoms with E-state index in [0.717, 1.165) is 72.1 Å². The predicted molar refractivity (Wildman–Crippen MR) is 183 cm³/mol. The van der Waals surface area contributed by atoms with Crippen molar-refractivity contribution in [2.24, 2.45) is 0 Å². The normalized spacial score (nSPS) is 13.7. The third-order valence-electron chi connectivity index (χ3n) is 9.75. The molecule has 10 rings (SSSR count). The first-order valence-corrected chi connectivity index (χ1v) is 15.3. The van der Waals surface area contributed by atoms with Gasteiger partial charge < -0.3 is 8.83 Å². The molecule has 1 aliphatic carbocycles. The summed E-state index contributed by atoms with van der Waals surface area (Å²) < 4.78 is 12.6. The minimum atomic E-state index is -0.123. The maximum atomic E-state index is 6.36. The van der Waals surface area contributed by atoms with Crippen LogP contribution in [0.5, 0.6) is 0 Å². The van der Waals surface area contributed by atoms with Crippen LogP contribution in [-0.4, -0.2) is 9.97 Å². The van der Waals surface area contributed by atoms with Crippen LogP contribution in [0.25, 0.3) is 88.4 Å². The van der Waals surface area contributed by atoms with Gasteiger partial charge in [0, 0.05) is 38.7 Å². The molecular weight excluding hydrogens is 552 g/mol.